The van der Waals surface area contributed by atoms with Crippen LogP contribution in [0.4, 0.5) is 0 Å². The lowest BCUT2D eigenvalue weighted by Crippen LogP contribution is -2.25. The molecule has 0 aromatic rings. The van der Waals surface area contributed by atoms with E-state index in [0.29, 0.717) is 18.1 Å². The van der Waals surface area contributed by atoms with E-state index in [2.05, 4.69) is 12.6 Å². The molecule has 1 heterocycles. The average molecular weight is 182 g/mol. The molecule has 1 saturated heterocycles. The lowest BCUT2D eigenvalue weighted by atomic mass is 10.3. The number of thiocarbonyl (C=S) groups is 1. The molecule has 0 radical (unpaired) electrons. The monoisotopic (exact) mass is 182 g/mol. The normalized spacial score (nSPS) is 21.8. The zero-order chi connectivity index (χ0) is 8.97. The van der Waals surface area contributed by atoms with Gasteiger partial charge in [-0.2, -0.15) is 5.26 Å². The maximum atomic E-state index is 8.36. The van der Waals surface area contributed by atoms with Crippen LogP contribution in [0.5, 0.6) is 0 Å². The zero-order valence-electron chi connectivity index (χ0n) is 6.69. The summed E-state index contributed by atoms with van der Waals surface area (Å²) >= 11 is 4.94. The van der Waals surface area contributed by atoms with Crippen LogP contribution < -0.4 is 0 Å². The molecule has 1 fully saturated rings. The molecule has 64 valence electrons. The van der Waals surface area contributed by atoms with Crippen molar-refractivity contribution in [3.63, 3.8) is 0 Å². The quantitative estimate of drug-likeness (QED) is 0.483. The summed E-state index contributed by atoms with van der Waals surface area (Å²) in [5, 5.41) is 8.84. The van der Waals surface area contributed by atoms with Gasteiger partial charge in [-0.15, -0.1) is 0 Å². The minimum Gasteiger partial charge on any atom is -0.461 e. The highest BCUT2D eigenvalue weighted by Crippen LogP contribution is 2.11. The largest absolute Gasteiger partial charge is 0.461 e. The predicted octanol–water partition coefficient (Wildman–Crippen LogP) is 1.07. The van der Waals surface area contributed by atoms with Gasteiger partial charge in [0.15, 0.2) is 0 Å². The first kappa shape index (κ1) is 9.01. The maximum absolute atomic E-state index is 8.36. The summed E-state index contributed by atoms with van der Waals surface area (Å²) in [6.07, 6.45) is 2.20. The van der Waals surface area contributed by atoms with E-state index in [-0.39, 0.29) is 6.10 Å². The fourth-order valence-electron chi connectivity index (χ4n) is 1.02. The molecular formula is C8H10N2OS. The summed E-state index contributed by atoms with van der Waals surface area (Å²) in [4.78, 5) is 1.88. The second-order valence-corrected chi connectivity index (χ2v) is 2.86. The average Bonchev–Trinajstić information content (AvgIpc) is 2.43. The SMILES string of the molecule is C=CC1CN(CCC#N)C(=S)O1. The molecule has 4 heteroatoms. The van der Waals surface area contributed by atoms with Gasteiger partial charge in [0.2, 0.25) is 0 Å². The Morgan fingerprint density at radius 1 is 1.92 bits per heavy atom. The van der Waals surface area contributed by atoms with Crippen LogP contribution in [0.3, 0.4) is 0 Å². The van der Waals surface area contributed by atoms with Gasteiger partial charge in [0.1, 0.15) is 6.10 Å². The summed E-state index contributed by atoms with van der Waals surface area (Å²) in [5.41, 5.74) is 0. The van der Waals surface area contributed by atoms with Crippen molar-refractivity contribution in [1.82, 2.24) is 4.90 Å². The van der Waals surface area contributed by atoms with Crippen molar-refractivity contribution in [2.45, 2.75) is 12.5 Å². The van der Waals surface area contributed by atoms with Crippen LogP contribution in [-0.2, 0) is 4.74 Å². The minimum absolute atomic E-state index is 0.00353. The number of hydrogen-bond acceptors (Lipinski definition) is 3. The molecule has 0 aromatic heterocycles. The van der Waals surface area contributed by atoms with E-state index in [1.165, 1.54) is 0 Å². The Bertz CT molecular complexity index is 234. The summed E-state index contributed by atoms with van der Waals surface area (Å²) < 4.78 is 5.25. The summed E-state index contributed by atoms with van der Waals surface area (Å²) in [7, 11) is 0. The maximum Gasteiger partial charge on any atom is 0.260 e. The van der Waals surface area contributed by atoms with Crippen LogP contribution in [0.25, 0.3) is 0 Å². The molecule has 3 nitrogen and oxygen atoms in total. The van der Waals surface area contributed by atoms with Crippen molar-refractivity contribution < 1.29 is 4.74 Å². The second-order valence-electron chi connectivity index (χ2n) is 2.51. The molecule has 0 aromatic carbocycles. The standard InChI is InChI=1S/C8H10N2OS/c1-2-7-6-10(5-3-4-9)8(12)11-7/h2,7H,1,3,5-6H2. The van der Waals surface area contributed by atoms with Gasteiger partial charge in [0.05, 0.1) is 19.0 Å². The molecule has 0 amide bonds. The van der Waals surface area contributed by atoms with Gasteiger partial charge in [-0.1, -0.05) is 6.58 Å². The molecule has 0 aliphatic carbocycles. The topological polar surface area (TPSA) is 36.3 Å². The third-order valence-electron chi connectivity index (χ3n) is 1.67. The first-order valence-corrected chi connectivity index (χ1v) is 4.14. The van der Waals surface area contributed by atoms with E-state index in [4.69, 9.17) is 22.2 Å². The Kier molecular flexibility index (Phi) is 3.06. The molecule has 1 aliphatic heterocycles. The van der Waals surface area contributed by atoms with Crippen molar-refractivity contribution >= 4 is 17.4 Å². The van der Waals surface area contributed by atoms with Crippen LogP contribution in [-0.4, -0.2) is 29.3 Å². The molecule has 1 unspecified atom stereocenters. The van der Waals surface area contributed by atoms with E-state index < -0.39 is 0 Å². The highest BCUT2D eigenvalue weighted by molar-refractivity contribution is 7.80. The van der Waals surface area contributed by atoms with Gasteiger partial charge in [0.25, 0.3) is 5.17 Å². The van der Waals surface area contributed by atoms with Gasteiger partial charge in [-0.3, -0.25) is 0 Å². The molecule has 1 rings (SSSR count). The van der Waals surface area contributed by atoms with E-state index >= 15 is 0 Å². The Morgan fingerprint density at radius 2 is 2.67 bits per heavy atom. The Balaban J connectivity index is 2.42. The lowest BCUT2D eigenvalue weighted by Gasteiger charge is -2.11. The number of nitrogens with zero attached hydrogens (tertiary/aromatic N) is 2. The third kappa shape index (κ3) is 1.95. The second kappa shape index (κ2) is 4.07. The molecule has 12 heavy (non-hydrogen) atoms. The minimum atomic E-state index is -0.00353. The Labute approximate surface area is 77.2 Å². The molecule has 0 spiro atoms. The first-order chi connectivity index (χ1) is 5.77. The Morgan fingerprint density at radius 3 is 3.17 bits per heavy atom. The highest BCUT2D eigenvalue weighted by Gasteiger charge is 2.24. The van der Waals surface area contributed by atoms with E-state index in [0.717, 1.165) is 6.54 Å². The summed E-state index contributed by atoms with van der Waals surface area (Å²) in [6.45, 7) is 4.99. The predicted molar refractivity (Wildman–Crippen MR) is 49.5 cm³/mol. The molecule has 0 saturated carbocycles. The van der Waals surface area contributed by atoms with Crippen LogP contribution in [0, 0.1) is 11.3 Å². The van der Waals surface area contributed by atoms with Gasteiger partial charge in [-0.25, -0.2) is 0 Å². The Hall–Kier alpha value is -1.08. The fraction of sp³-hybridized carbons (Fsp3) is 0.500. The molecular weight excluding hydrogens is 172 g/mol. The van der Waals surface area contributed by atoms with Gasteiger partial charge in [-0.05, 0) is 18.3 Å². The van der Waals surface area contributed by atoms with Crippen molar-refractivity contribution in [3.8, 4) is 6.07 Å². The zero-order valence-corrected chi connectivity index (χ0v) is 7.51. The van der Waals surface area contributed by atoms with Crippen LogP contribution in [0.15, 0.2) is 12.7 Å². The first-order valence-electron chi connectivity index (χ1n) is 3.73. The van der Waals surface area contributed by atoms with Crippen LogP contribution in [0.2, 0.25) is 0 Å². The van der Waals surface area contributed by atoms with E-state index in [1.807, 2.05) is 4.90 Å². The molecule has 1 aliphatic rings. The summed E-state index contributed by atoms with van der Waals surface area (Å²) in [6, 6.07) is 2.07. The van der Waals surface area contributed by atoms with Crippen LogP contribution >= 0.6 is 12.2 Å². The van der Waals surface area contributed by atoms with Crippen molar-refractivity contribution in [1.29, 1.82) is 5.26 Å². The number of hydrogen-bond donors (Lipinski definition) is 0. The lowest BCUT2D eigenvalue weighted by molar-refractivity contribution is 0.286. The van der Waals surface area contributed by atoms with Gasteiger partial charge >= 0.3 is 0 Å². The molecule has 1 atom stereocenters. The van der Waals surface area contributed by atoms with Crippen LogP contribution in [0.1, 0.15) is 6.42 Å². The third-order valence-corrected chi connectivity index (χ3v) is 2.02. The highest BCUT2D eigenvalue weighted by atomic mass is 32.1. The van der Waals surface area contributed by atoms with Gasteiger partial charge < -0.3 is 9.64 Å². The van der Waals surface area contributed by atoms with Crippen molar-refractivity contribution in [2.24, 2.45) is 0 Å². The number of rotatable bonds is 3. The number of ether oxygens (including phenoxy) is 1. The smallest absolute Gasteiger partial charge is 0.260 e. The molecule has 0 N–H and O–H groups in total. The fourth-order valence-corrected chi connectivity index (χ4v) is 1.31. The number of nitriles is 1. The van der Waals surface area contributed by atoms with Crippen molar-refractivity contribution in [3.05, 3.63) is 12.7 Å². The van der Waals surface area contributed by atoms with Crippen molar-refractivity contribution in [2.75, 3.05) is 13.1 Å². The van der Waals surface area contributed by atoms with E-state index in [9.17, 15) is 0 Å². The molecule has 0 bridgehead atoms. The van der Waals surface area contributed by atoms with E-state index in [1.54, 1.807) is 6.08 Å². The summed E-state index contributed by atoms with van der Waals surface area (Å²) in [5.74, 6) is 0. The van der Waals surface area contributed by atoms with Gasteiger partial charge in [0, 0.05) is 6.54 Å².